The molecule has 6 fully saturated rings. The Kier molecular flexibility index (Phi) is 20.5. The Morgan fingerprint density at radius 3 is 1.24 bits per heavy atom. The predicted molar refractivity (Wildman–Crippen MR) is 242 cm³/mol. The van der Waals surface area contributed by atoms with Crippen molar-refractivity contribution in [3.63, 3.8) is 0 Å². The van der Waals surface area contributed by atoms with E-state index in [1.54, 1.807) is 0 Å². The Morgan fingerprint density at radius 1 is 0.518 bits per heavy atom. The molecule has 0 aliphatic carbocycles. The maximum absolute atomic E-state index is 14.7. The van der Waals surface area contributed by atoms with E-state index in [0.717, 1.165) is 22.6 Å². The number of carbonyl (C=O) groups is 2. The SMILES string of the molecule is CC1(C)OCC([C@H]2O[C@@H]3OC(C)(C)O[C@H]3C2OS(=O)(=O)C(F)(F)C(F)(F)OC(F)(F)C(F)(F)C=C(I)CCC(=O)O)O1.CC1(C)OCC([C@H]2O[C@@H]3OC(C)(C)O[C@H]3C2OS(=O)(=O)C(F)(F)C(F)(F)OC(F)(F)C(F)(F)CCCCC(=O)O)O1. The molecule has 6 saturated heterocycles. The topological polar surface area (TPSA) is 272 Å². The van der Waals surface area contributed by atoms with Gasteiger partial charge in [-0.1, -0.05) is 0 Å². The fourth-order valence-electron chi connectivity index (χ4n) is 8.22. The lowest BCUT2D eigenvalue weighted by atomic mass is 10.1. The van der Waals surface area contributed by atoms with Gasteiger partial charge < -0.3 is 57.6 Å². The van der Waals surface area contributed by atoms with Crippen LogP contribution < -0.4 is 0 Å². The Hall–Kier alpha value is -2.37. The average Bonchev–Trinajstić information content (AvgIpc) is 3.79. The van der Waals surface area contributed by atoms with Crippen molar-refractivity contribution in [1.82, 2.24) is 0 Å². The lowest BCUT2D eigenvalue weighted by Crippen LogP contribution is -2.57. The summed E-state index contributed by atoms with van der Waals surface area (Å²) in [5, 5.41) is 3.64. The second kappa shape index (κ2) is 23.9. The van der Waals surface area contributed by atoms with Crippen LogP contribution in [0.1, 0.15) is 93.9 Å². The quantitative estimate of drug-likeness (QED) is 0.0377. The van der Waals surface area contributed by atoms with Gasteiger partial charge in [-0.25, -0.2) is 9.47 Å². The standard InChI is InChI=1S/C21H25F8IO11S.C21H28F8O11S/c1-16(2)35-8-10(37-16)12-13(14-15(36-12)39-17(3,4)38-14)40-42(33,34)21(28,29)20(26,27)41-19(24,25)18(22,23)7-9(30)5-6-11(31)32;1-16(2)34-9-10(36-16)12-13(14-15(35-12)38-17(3,4)37-14)39-41(32,33)21(28,29)20(26,27)40-19(24,25)18(22,23)8-6-5-7-11(30)31/h7,10,12-15H,5-6,8H2,1-4H3,(H,31,32);10,12-15H,5-9H2,1-4H3,(H,30,31)/t2*10?,12-,13?,14+,15-/m11/s1. The van der Waals surface area contributed by atoms with Gasteiger partial charge in [-0.2, -0.15) is 87.1 Å². The van der Waals surface area contributed by atoms with Crippen LogP contribution in [0.5, 0.6) is 0 Å². The van der Waals surface area contributed by atoms with Crippen LogP contribution in [0.25, 0.3) is 0 Å². The molecule has 0 spiro atoms. The molecule has 484 valence electrons. The van der Waals surface area contributed by atoms with Gasteiger partial charge in [0.2, 0.25) is 0 Å². The molecule has 6 rings (SSSR count). The number of ether oxygens (including phenoxy) is 12. The van der Waals surface area contributed by atoms with Crippen LogP contribution in [0, 0.1) is 0 Å². The normalized spacial score (nSPS) is 30.5. The number of allylic oxidation sites excluding steroid dienone is 1. The molecular formula is C42H53F16IO22S2. The second-order valence-electron chi connectivity index (χ2n) is 20.6. The third kappa shape index (κ3) is 15.9. The van der Waals surface area contributed by atoms with Gasteiger partial charge in [0.15, 0.2) is 35.7 Å². The first-order valence-corrected chi connectivity index (χ1v) is 27.7. The van der Waals surface area contributed by atoms with E-state index in [0.29, 0.717) is 0 Å². The van der Waals surface area contributed by atoms with Gasteiger partial charge in [-0.3, -0.25) is 18.0 Å². The van der Waals surface area contributed by atoms with Gasteiger partial charge >= 0.3 is 79.0 Å². The summed E-state index contributed by atoms with van der Waals surface area (Å²) >= 11 is 0.992. The highest BCUT2D eigenvalue weighted by molar-refractivity contribution is 14.1. The lowest BCUT2D eigenvalue weighted by Gasteiger charge is -2.33. The van der Waals surface area contributed by atoms with Crippen LogP contribution in [0.4, 0.5) is 70.2 Å². The number of unbranched alkanes of at least 4 members (excludes halogenated alkanes) is 1. The summed E-state index contributed by atoms with van der Waals surface area (Å²) in [6, 6.07) is 0. The maximum atomic E-state index is 14.7. The number of rotatable bonds is 25. The van der Waals surface area contributed by atoms with E-state index in [1.807, 2.05) is 0 Å². The molecule has 6 aliphatic rings. The van der Waals surface area contributed by atoms with Gasteiger partial charge in [0.25, 0.3) is 0 Å². The van der Waals surface area contributed by atoms with Crippen molar-refractivity contribution in [3.05, 3.63) is 9.66 Å². The number of aliphatic carboxylic acids is 2. The molecule has 0 bridgehead atoms. The van der Waals surface area contributed by atoms with E-state index in [1.165, 1.54) is 55.4 Å². The number of halogens is 17. The van der Waals surface area contributed by atoms with Gasteiger partial charge in [-0.05, 0) is 101 Å². The molecular weight excluding hydrogens is 1350 g/mol. The third-order valence-corrected chi connectivity index (χ3v) is 15.5. The summed E-state index contributed by atoms with van der Waals surface area (Å²) in [6.07, 6.45) is -49.2. The maximum Gasteiger partial charge on any atom is 0.460 e. The molecule has 0 radical (unpaired) electrons. The number of carboxylic acid groups (broad SMARTS) is 2. The summed E-state index contributed by atoms with van der Waals surface area (Å²) in [7, 11) is -14.0. The fraction of sp³-hybridized carbons (Fsp3) is 0.905. The van der Waals surface area contributed by atoms with Crippen LogP contribution >= 0.6 is 22.6 Å². The number of hydrogen-bond acceptors (Lipinski definition) is 20. The first-order valence-electron chi connectivity index (χ1n) is 23.8. The minimum atomic E-state index is -7.01. The number of fused-ring (bicyclic) bond motifs is 2. The van der Waals surface area contributed by atoms with Crippen LogP contribution in [0.15, 0.2) is 9.66 Å². The molecule has 0 saturated carbocycles. The highest BCUT2D eigenvalue weighted by atomic mass is 127. The van der Waals surface area contributed by atoms with Crippen LogP contribution in [-0.2, 0) is 95.0 Å². The van der Waals surface area contributed by atoms with E-state index in [9.17, 15) is 96.7 Å². The molecule has 0 aromatic rings. The van der Waals surface area contributed by atoms with Crippen molar-refractivity contribution in [1.29, 1.82) is 0 Å². The zero-order chi connectivity index (χ0) is 63.8. The molecule has 41 heteroatoms. The third-order valence-electron chi connectivity index (χ3n) is 12.0. The van der Waals surface area contributed by atoms with Crippen molar-refractivity contribution in [2.75, 3.05) is 13.2 Å². The Balaban J connectivity index is 0.000000304. The van der Waals surface area contributed by atoms with E-state index < -0.39 is 212 Å². The zero-order valence-electron chi connectivity index (χ0n) is 43.8. The van der Waals surface area contributed by atoms with Gasteiger partial charge in [0.05, 0.1) is 13.2 Å². The van der Waals surface area contributed by atoms with E-state index in [-0.39, 0.29) is 13.2 Å². The first kappa shape index (κ1) is 71.4. The number of carboxylic acids is 2. The largest absolute Gasteiger partial charge is 0.481 e. The van der Waals surface area contributed by atoms with Gasteiger partial charge in [-0.15, -0.1) is 0 Å². The van der Waals surface area contributed by atoms with Crippen LogP contribution in [0.3, 0.4) is 0 Å². The highest BCUT2D eigenvalue weighted by Gasteiger charge is 2.77. The Labute approximate surface area is 473 Å². The molecule has 83 heavy (non-hydrogen) atoms. The summed E-state index contributed by atoms with van der Waals surface area (Å²) in [6.45, 7) is 10.3. The minimum Gasteiger partial charge on any atom is -0.481 e. The molecule has 0 aromatic heterocycles. The van der Waals surface area contributed by atoms with Crippen molar-refractivity contribution >= 4 is 54.8 Å². The molecule has 10 atom stereocenters. The van der Waals surface area contributed by atoms with Gasteiger partial charge in [0.1, 0.15) is 48.8 Å². The summed E-state index contributed by atoms with van der Waals surface area (Å²) in [4.78, 5) is 20.9. The van der Waals surface area contributed by atoms with Crippen molar-refractivity contribution < 1.29 is 172 Å². The smallest absolute Gasteiger partial charge is 0.460 e. The second-order valence-corrected chi connectivity index (χ2v) is 25.2. The zero-order valence-corrected chi connectivity index (χ0v) is 47.6. The van der Waals surface area contributed by atoms with E-state index in [2.05, 4.69) is 17.8 Å². The highest BCUT2D eigenvalue weighted by Crippen LogP contribution is 2.53. The van der Waals surface area contributed by atoms with Crippen molar-refractivity contribution in [2.45, 2.75) is 225 Å². The number of alkyl halides is 16. The van der Waals surface area contributed by atoms with Crippen molar-refractivity contribution in [2.24, 2.45) is 0 Å². The monoisotopic (exact) mass is 1400 g/mol. The fourth-order valence-corrected chi connectivity index (χ4v) is 10.8. The Morgan fingerprint density at radius 2 is 0.892 bits per heavy atom. The molecule has 0 amide bonds. The molecule has 6 heterocycles. The molecule has 0 aromatic carbocycles. The summed E-state index contributed by atoms with van der Waals surface area (Å²) < 4.78 is 345. The number of hydrogen-bond donors (Lipinski definition) is 2. The Bertz CT molecular complexity index is 2610. The summed E-state index contributed by atoms with van der Waals surface area (Å²) in [5.41, 5.74) is 0. The predicted octanol–water partition coefficient (Wildman–Crippen LogP) is 8.15. The summed E-state index contributed by atoms with van der Waals surface area (Å²) in [5.74, 6) is -19.8. The van der Waals surface area contributed by atoms with Crippen LogP contribution in [0.2, 0.25) is 0 Å². The molecule has 4 unspecified atom stereocenters. The molecule has 6 aliphatic heterocycles. The van der Waals surface area contributed by atoms with Crippen molar-refractivity contribution in [3.8, 4) is 0 Å². The molecule has 22 nitrogen and oxygen atoms in total. The van der Waals surface area contributed by atoms with Gasteiger partial charge in [0, 0.05) is 25.3 Å². The minimum absolute atomic E-state index is 0.316. The van der Waals surface area contributed by atoms with E-state index >= 15 is 0 Å². The average molecular weight is 1400 g/mol. The first-order chi connectivity index (χ1) is 37.1. The lowest BCUT2D eigenvalue weighted by molar-refractivity contribution is -0.456. The van der Waals surface area contributed by atoms with Crippen LogP contribution in [-0.4, -0.2) is 184 Å². The molecule has 2 N–H and O–H groups in total. The van der Waals surface area contributed by atoms with E-state index in [4.69, 9.17) is 57.6 Å².